The fourth-order valence-corrected chi connectivity index (χ4v) is 3.23. The quantitative estimate of drug-likeness (QED) is 0.794. The number of rotatable bonds is 8. The van der Waals surface area contributed by atoms with Gasteiger partial charge in [-0.2, -0.15) is 0 Å². The SMILES string of the molecule is CCC(Cc1ccc(C)cc1)N(C)CC(O)CN1CCOCC1. The number of morpholine rings is 1. The van der Waals surface area contributed by atoms with Gasteiger partial charge in [-0.05, 0) is 32.4 Å². The Morgan fingerprint density at radius 3 is 2.48 bits per heavy atom. The smallest absolute Gasteiger partial charge is 0.0793 e. The number of likely N-dealkylation sites (N-methyl/N-ethyl adjacent to an activating group) is 1. The minimum Gasteiger partial charge on any atom is -0.390 e. The first-order valence-electron chi connectivity index (χ1n) is 8.82. The molecule has 0 aliphatic carbocycles. The van der Waals surface area contributed by atoms with E-state index < -0.39 is 0 Å². The van der Waals surface area contributed by atoms with Crippen molar-refractivity contribution in [2.45, 2.75) is 38.8 Å². The van der Waals surface area contributed by atoms with Crippen LogP contribution in [-0.2, 0) is 11.2 Å². The van der Waals surface area contributed by atoms with Gasteiger partial charge in [0, 0.05) is 32.2 Å². The Bertz CT molecular complexity index is 443. The Labute approximate surface area is 141 Å². The van der Waals surface area contributed by atoms with Crippen LogP contribution in [0.3, 0.4) is 0 Å². The third-order valence-electron chi connectivity index (χ3n) is 4.76. The Kier molecular flexibility index (Phi) is 7.50. The van der Waals surface area contributed by atoms with E-state index in [0.717, 1.165) is 52.2 Å². The number of nitrogens with zero attached hydrogens (tertiary/aromatic N) is 2. The van der Waals surface area contributed by atoms with Crippen molar-refractivity contribution in [2.24, 2.45) is 0 Å². The van der Waals surface area contributed by atoms with Crippen LogP contribution in [0.1, 0.15) is 24.5 Å². The largest absolute Gasteiger partial charge is 0.390 e. The molecular formula is C19H32N2O2. The van der Waals surface area contributed by atoms with Gasteiger partial charge in [0.25, 0.3) is 0 Å². The number of aliphatic hydroxyl groups excluding tert-OH is 1. The van der Waals surface area contributed by atoms with Gasteiger partial charge in [0.2, 0.25) is 0 Å². The molecule has 1 aromatic carbocycles. The van der Waals surface area contributed by atoms with E-state index in [1.54, 1.807) is 0 Å². The van der Waals surface area contributed by atoms with Crippen molar-refractivity contribution in [3.8, 4) is 0 Å². The van der Waals surface area contributed by atoms with Crippen LogP contribution >= 0.6 is 0 Å². The Morgan fingerprint density at radius 1 is 1.22 bits per heavy atom. The van der Waals surface area contributed by atoms with Gasteiger partial charge in [0.1, 0.15) is 0 Å². The molecule has 1 aliphatic heterocycles. The lowest BCUT2D eigenvalue weighted by atomic mass is 10.0. The number of aryl methyl sites for hydroxylation is 1. The minimum atomic E-state index is -0.301. The molecule has 1 aliphatic rings. The van der Waals surface area contributed by atoms with Crippen LogP contribution in [0.5, 0.6) is 0 Å². The fraction of sp³-hybridized carbons (Fsp3) is 0.684. The molecule has 23 heavy (non-hydrogen) atoms. The zero-order valence-corrected chi connectivity index (χ0v) is 14.9. The molecule has 4 nitrogen and oxygen atoms in total. The van der Waals surface area contributed by atoms with Gasteiger partial charge in [-0.25, -0.2) is 0 Å². The predicted molar refractivity (Wildman–Crippen MR) is 94.9 cm³/mol. The van der Waals surface area contributed by atoms with E-state index in [-0.39, 0.29) is 6.10 Å². The highest BCUT2D eigenvalue weighted by atomic mass is 16.5. The lowest BCUT2D eigenvalue weighted by molar-refractivity contribution is 0.00564. The maximum absolute atomic E-state index is 10.4. The highest BCUT2D eigenvalue weighted by Gasteiger charge is 2.19. The van der Waals surface area contributed by atoms with E-state index in [2.05, 4.69) is 55.0 Å². The van der Waals surface area contributed by atoms with Gasteiger partial charge >= 0.3 is 0 Å². The number of hydrogen-bond acceptors (Lipinski definition) is 4. The first-order valence-corrected chi connectivity index (χ1v) is 8.82. The summed E-state index contributed by atoms with van der Waals surface area (Å²) in [6, 6.07) is 9.26. The molecule has 0 bridgehead atoms. The van der Waals surface area contributed by atoms with Crippen molar-refractivity contribution >= 4 is 0 Å². The van der Waals surface area contributed by atoms with Gasteiger partial charge in [-0.1, -0.05) is 36.8 Å². The second kappa shape index (κ2) is 9.38. The van der Waals surface area contributed by atoms with Crippen LogP contribution in [0.2, 0.25) is 0 Å². The van der Waals surface area contributed by atoms with Crippen LogP contribution in [0.4, 0.5) is 0 Å². The summed E-state index contributed by atoms with van der Waals surface area (Å²) in [6.07, 6.45) is 1.83. The Hall–Kier alpha value is -0.940. The molecule has 0 amide bonds. The van der Waals surface area contributed by atoms with Gasteiger partial charge in [-0.3, -0.25) is 4.90 Å². The summed E-state index contributed by atoms with van der Waals surface area (Å²) in [7, 11) is 2.13. The van der Waals surface area contributed by atoms with Gasteiger partial charge in [0.15, 0.2) is 0 Å². The number of hydrogen-bond donors (Lipinski definition) is 1. The van der Waals surface area contributed by atoms with E-state index in [1.807, 2.05) is 0 Å². The highest BCUT2D eigenvalue weighted by Crippen LogP contribution is 2.13. The van der Waals surface area contributed by atoms with Crippen LogP contribution < -0.4 is 0 Å². The molecule has 2 atom stereocenters. The minimum absolute atomic E-state index is 0.301. The molecule has 0 spiro atoms. The second-order valence-electron chi connectivity index (χ2n) is 6.76. The maximum atomic E-state index is 10.4. The van der Waals surface area contributed by atoms with Gasteiger partial charge in [0.05, 0.1) is 19.3 Å². The monoisotopic (exact) mass is 320 g/mol. The summed E-state index contributed by atoms with van der Waals surface area (Å²) in [5.74, 6) is 0. The molecule has 1 heterocycles. The van der Waals surface area contributed by atoms with E-state index >= 15 is 0 Å². The lowest BCUT2D eigenvalue weighted by Gasteiger charge is -2.32. The molecule has 130 valence electrons. The normalized spacial score (nSPS) is 19.0. The molecule has 1 fully saturated rings. The summed E-state index contributed by atoms with van der Waals surface area (Å²) in [4.78, 5) is 4.61. The van der Waals surface area contributed by atoms with Crippen molar-refractivity contribution in [1.29, 1.82) is 0 Å². The van der Waals surface area contributed by atoms with Crippen molar-refractivity contribution < 1.29 is 9.84 Å². The summed E-state index contributed by atoms with van der Waals surface area (Å²) in [5.41, 5.74) is 2.67. The van der Waals surface area contributed by atoms with E-state index in [0.29, 0.717) is 6.04 Å². The lowest BCUT2D eigenvalue weighted by Crippen LogP contribution is -2.46. The Morgan fingerprint density at radius 2 is 1.87 bits per heavy atom. The van der Waals surface area contributed by atoms with Crippen LogP contribution in [0.25, 0.3) is 0 Å². The molecule has 0 aromatic heterocycles. The van der Waals surface area contributed by atoms with Gasteiger partial charge < -0.3 is 14.7 Å². The summed E-state index contributed by atoms with van der Waals surface area (Å²) >= 11 is 0. The maximum Gasteiger partial charge on any atom is 0.0793 e. The highest BCUT2D eigenvalue weighted by molar-refractivity contribution is 5.22. The van der Waals surface area contributed by atoms with Crippen LogP contribution in [-0.4, -0.2) is 73.5 Å². The predicted octanol–water partition coefficient (Wildman–Crippen LogP) is 1.94. The van der Waals surface area contributed by atoms with E-state index in [9.17, 15) is 5.11 Å². The second-order valence-corrected chi connectivity index (χ2v) is 6.76. The fourth-order valence-electron chi connectivity index (χ4n) is 3.23. The molecule has 1 aromatic rings. The third-order valence-corrected chi connectivity index (χ3v) is 4.76. The standard InChI is InChI=1S/C19H32N2O2/c1-4-18(13-17-7-5-16(2)6-8-17)20(3)14-19(22)15-21-9-11-23-12-10-21/h5-8,18-19,22H,4,9-15H2,1-3H3. The third kappa shape index (κ3) is 6.22. The first-order chi connectivity index (χ1) is 11.1. The summed E-state index contributed by atoms with van der Waals surface area (Å²) in [6.45, 7) is 9.25. The van der Waals surface area contributed by atoms with Crippen LogP contribution in [0, 0.1) is 6.92 Å². The van der Waals surface area contributed by atoms with E-state index in [1.165, 1.54) is 11.1 Å². The summed E-state index contributed by atoms with van der Waals surface area (Å²) in [5, 5.41) is 10.4. The average molecular weight is 320 g/mol. The van der Waals surface area contributed by atoms with Crippen molar-refractivity contribution in [1.82, 2.24) is 9.80 Å². The average Bonchev–Trinajstić information content (AvgIpc) is 2.55. The van der Waals surface area contributed by atoms with Crippen LogP contribution in [0.15, 0.2) is 24.3 Å². The summed E-state index contributed by atoms with van der Waals surface area (Å²) < 4.78 is 5.36. The number of benzene rings is 1. The number of β-amino-alcohol motifs (C(OH)–C–C–N with tert-alkyl or cyclic N) is 1. The van der Waals surface area contributed by atoms with E-state index in [4.69, 9.17) is 4.74 Å². The zero-order valence-electron chi connectivity index (χ0n) is 14.9. The topological polar surface area (TPSA) is 35.9 Å². The number of ether oxygens (including phenoxy) is 1. The molecule has 2 unspecified atom stereocenters. The van der Waals surface area contributed by atoms with Crippen molar-refractivity contribution in [3.05, 3.63) is 35.4 Å². The van der Waals surface area contributed by atoms with Gasteiger partial charge in [-0.15, -0.1) is 0 Å². The molecule has 1 saturated heterocycles. The van der Waals surface area contributed by atoms with Crippen molar-refractivity contribution in [3.63, 3.8) is 0 Å². The molecule has 1 N–H and O–H groups in total. The first kappa shape index (κ1) is 18.4. The Balaban J connectivity index is 1.81. The molecule has 0 radical (unpaired) electrons. The molecule has 0 saturated carbocycles. The molecule has 2 rings (SSSR count). The molecular weight excluding hydrogens is 288 g/mol. The van der Waals surface area contributed by atoms with Crippen molar-refractivity contribution in [2.75, 3.05) is 46.4 Å². The zero-order chi connectivity index (χ0) is 16.7. The molecule has 4 heteroatoms. The number of aliphatic hydroxyl groups is 1.